The summed E-state index contributed by atoms with van der Waals surface area (Å²) in [6.45, 7) is 16.4. The van der Waals surface area contributed by atoms with Gasteiger partial charge in [0.15, 0.2) is 0 Å². The van der Waals surface area contributed by atoms with Crippen molar-refractivity contribution in [2.75, 3.05) is 11.9 Å². The summed E-state index contributed by atoms with van der Waals surface area (Å²) >= 11 is 0. The number of anilines is 1. The molecule has 3 amide bonds. The van der Waals surface area contributed by atoms with Crippen molar-refractivity contribution in [1.29, 1.82) is 0 Å². The Bertz CT molecular complexity index is 1060. The van der Waals surface area contributed by atoms with Crippen LogP contribution in [0.4, 0.5) is 10.5 Å². The van der Waals surface area contributed by atoms with Crippen molar-refractivity contribution >= 4 is 23.6 Å². The Kier molecular flexibility index (Phi) is 8.71. The molecule has 0 aliphatic rings. The maximum absolute atomic E-state index is 13.9. The number of carbonyl (C=O) groups is 3. The zero-order valence-electron chi connectivity index (χ0n) is 22.4. The molecule has 2 aromatic rings. The lowest BCUT2D eigenvalue weighted by atomic mass is 9.90. The Hall–Kier alpha value is -3.35. The first-order valence-corrected chi connectivity index (χ1v) is 11.8. The first-order chi connectivity index (χ1) is 16.1. The third-order valence-corrected chi connectivity index (χ3v) is 5.50. The fourth-order valence-corrected chi connectivity index (χ4v) is 4.00. The van der Waals surface area contributed by atoms with Gasteiger partial charge in [-0.3, -0.25) is 9.59 Å². The number of hydrogen-bond acceptors (Lipinski definition) is 4. The third-order valence-electron chi connectivity index (χ3n) is 5.50. The Morgan fingerprint density at radius 1 is 0.857 bits per heavy atom. The number of aryl methyl sites for hydroxylation is 3. The molecule has 0 bridgehead atoms. The van der Waals surface area contributed by atoms with Gasteiger partial charge in [0.05, 0.1) is 0 Å². The van der Waals surface area contributed by atoms with E-state index in [1.165, 1.54) is 0 Å². The van der Waals surface area contributed by atoms with E-state index in [1.807, 2.05) is 84.0 Å². The van der Waals surface area contributed by atoms with E-state index in [0.717, 1.165) is 22.3 Å². The summed E-state index contributed by atoms with van der Waals surface area (Å²) in [6.07, 6.45) is -0.687. The van der Waals surface area contributed by atoms with Gasteiger partial charge < -0.3 is 20.3 Å². The molecular weight excluding hydrogens is 442 g/mol. The van der Waals surface area contributed by atoms with Crippen LogP contribution in [0.2, 0.25) is 0 Å². The number of nitrogens with one attached hydrogen (secondary N) is 2. The lowest BCUT2D eigenvalue weighted by Gasteiger charge is -2.42. The van der Waals surface area contributed by atoms with E-state index in [4.69, 9.17) is 4.74 Å². The summed E-state index contributed by atoms with van der Waals surface area (Å²) < 4.78 is 5.28. The third kappa shape index (κ3) is 7.57. The van der Waals surface area contributed by atoms with Crippen LogP contribution in [-0.2, 0) is 14.3 Å². The molecule has 0 aromatic heterocycles. The second-order valence-electron chi connectivity index (χ2n) is 10.8. The van der Waals surface area contributed by atoms with Crippen molar-refractivity contribution in [3.8, 4) is 0 Å². The van der Waals surface area contributed by atoms with E-state index in [2.05, 4.69) is 10.6 Å². The van der Waals surface area contributed by atoms with Crippen molar-refractivity contribution in [2.45, 2.75) is 79.5 Å². The number of rotatable bonds is 6. The van der Waals surface area contributed by atoms with E-state index >= 15 is 0 Å². The molecule has 0 heterocycles. The van der Waals surface area contributed by atoms with Crippen LogP contribution in [0.25, 0.3) is 0 Å². The highest BCUT2D eigenvalue weighted by molar-refractivity contribution is 5.99. The molecule has 0 radical (unpaired) electrons. The van der Waals surface area contributed by atoms with Crippen LogP contribution < -0.4 is 10.6 Å². The monoisotopic (exact) mass is 481 g/mol. The number of para-hydroxylation sites is 1. The van der Waals surface area contributed by atoms with Crippen LogP contribution in [0.1, 0.15) is 69.8 Å². The number of nitrogens with zero attached hydrogens (tertiary/aromatic N) is 1. The summed E-state index contributed by atoms with van der Waals surface area (Å²) in [7, 11) is 0. The van der Waals surface area contributed by atoms with Gasteiger partial charge in [0.25, 0.3) is 5.91 Å². The van der Waals surface area contributed by atoms with Gasteiger partial charge >= 0.3 is 6.09 Å². The summed E-state index contributed by atoms with van der Waals surface area (Å²) in [5.74, 6) is -0.715. The molecule has 0 fully saturated rings. The number of benzene rings is 2. The zero-order chi connectivity index (χ0) is 26.6. The van der Waals surface area contributed by atoms with Gasteiger partial charge in [0.2, 0.25) is 5.91 Å². The SMILES string of the molecule is Cc1ccccc1NC(=O)C(c1c(C)cccc1C)N(C(=O)CNC(=O)OC(C)(C)C)C(C)(C)C. The number of amides is 3. The minimum Gasteiger partial charge on any atom is -0.444 e. The van der Waals surface area contributed by atoms with Crippen LogP contribution in [0.3, 0.4) is 0 Å². The second kappa shape index (κ2) is 10.9. The van der Waals surface area contributed by atoms with Crippen LogP contribution in [-0.4, -0.2) is 40.5 Å². The molecule has 2 aromatic carbocycles. The predicted octanol–water partition coefficient (Wildman–Crippen LogP) is 5.44. The number of carbonyl (C=O) groups excluding carboxylic acids is 3. The van der Waals surface area contributed by atoms with E-state index < -0.39 is 29.2 Å². The number of ether oxygens (including phenoxy) is 1. The van der Waals surface area contributed by atoms with E-state index in [0.29, 0.717) is 5.69 Å². The van der Waals surface area contributed by atoms with Crippen molar-refractivity contribution in [3.05, 3.63) is 64.7 Å². The molecule has 0 aliphatic heterocycles. The van der Waals surface area contributed by atoms with Crippen LogP contribution in [0, 0.1) is 20.8 Å². The fourth-order valence-electron chi connectivity index (χ4n) is 4.00. The molecule has 0 saturated carbocycles. The minimum atomic E-state index is -0.913. The lowest BCUT2D eigenvalue weighted by molar-refractivity contribution is -0.144. The van der Waals surface area contributed by atoms with Gasteiger partial charge in [-0.1, -0.05) is 36.4 Å². The summed E-state index contributed by atoms with van der Waals surface area (Å²) in [5.41, 5.74) is 2.75. The highest BCUT2D eigenvalue weighted by Gasteiger charge is 2.40. The Morgan fingerprint density at radius 3 is 1.91 bits per heavy atom. The lowest BCUT2D eigenvalue weighted by Crippen LogP contribution is -2.54. The molecule has 0 spiro atoms. The average molecular weight is 482 g/mol. The topological polar surface area (TPSA) is 87.7 Å². The quantitative estimate of drug-likeness (QED) is 0.575. The van der Waals surface area contributed by atoms with E-state index in [9.17, 15) is 14.4 Å². The Balaban J connectivity index is 2.51. The standard InChI is InChI=1S/C28H39N3O4/c1-18-13-10-11-16-21(18)30-25(33)24(23-19(2)14-12-15-20(23)3)31(27(4,5)6)22(32)17-29-26(34)35-28(7,8)9/h10-16,24H,17H2,1-9H3,(H,29,34)(H,30,33). The average Bonchev–Trinajstić information content (AvgIpc) is 2.70. The van der Waals surface area contributed by atoms with Gasteiger partial charge in [-0.15, -0.1) is 0 Å². The van der Waals surface area contributed by atoms with Gasteiger partial charge in [0, 0.05) is 11.2 Å². The van der Waals surface area contributed by atoms with E-state index in [-0.39, 0.29) is 12.5 Å². The summed E-state index contributed by atoms with van der Waals surface area (Å²) in [6, 6.07) is 12.4. The summed E-state index contributed by atoms with van der Waals surface area (Å²) in [5, 5.41) is 5.56. The van der Waals surface area contributed by atoms with Gasteiger partial charge in [-0.05, 0) is 90.6 Å². The molecule has 2 rings (SSSR count). The van der Waals surface area contributed by atoms with E-state index in [1.54, 1.807) is 25.7 Å². The molecule has 2 N–H and O–H groups in total. The highest BCUT2D eigenvalue weighted by atomic mass is 16.6. The molecule has 7 nitrogen and oxygen atoms in total. The summed E-state index contributed by atoms with van der Waals surface area (Å²) in [4.78, 5) is 41.2. The predicted molar refractivity (Wildman–Crippen MR) is 139 cm³/mol. The van der Waals surface area contributed by atoms with Crippen LogP contribution in [0.15, 0.2) is 42.5 Å². The molecule has 0 aliphatic carbocycles. The van der Waals surface area contributed by atoms with Crippen molar-refractivity contribution < 1.29 is 19.1 Å². The van der Waals surface area contributed by atoms with Crippen molar-refractivity contribution in [1.82, 2.24) is 10.2 Å². The smallest absolute Gasteiger partial charge is 0.408 e. The Labute approximate surface area is 209 Å². The van der Waals surface area contributed by atoms with Crippen molar-refractivity contribution in [3.63, 3.8) is 0 Å². The first kappa shape index (κ1) is 27.9. The van der Waals surface area contributed by atoms with Crippen LogP contribution >= 0.6 is 0 Å². The maximum Gasteiger partial charge on any atom is 0.408 e. The highest BCUT2D eigenvalue weighted by Crippen LogP contribution is 2.34. The van der Waals surface area contributed by atoms with Gasteiger partial charge in [-0.25, -0.2) is 4.79 Å². The fraction of sp³-hybridized carbons (Fsp3) is 0.464. The normalized spacial score (nSPS) is 12.5. The van der Waals surface area contributed by atoms with Crippen LogP contribution in [0.5, 0.6) is 0 Å². The minimum absolute atomic E-state index is 0.300. The molecular formula is C28H39N3O4. The van der Waals surface area contributed by atoms with Crippen molar-refractivity contribution in [2.24, 2.45) is 0 Å². The molecule has 7 heteroatoms. The molecule has 190 valence electrons. The molecule has 35 heavy (non-hydrogen) atoms. The zero-order valence-corrected chi connectivity index (χ0v) is 22.4. The second-order valence-corrected chi connectivity index (χ2v) is 10.8. The number of alkyl carbamates (subject to hydrolysis) is 1. The first-order valence-electron chi connectivity index (χ1n) is 11.8. The number of hydrogen-bond donors (Lipinski definition) is 2. The maximum atomic E-state index is 13.9. The molecule has 1 atom stereocenters. The molecule has 1 unspecified atom stereocenters. The Morgan fingerprint density at radius 2 is 1.40 bits per heavy atom. The van der Waals surface area contributed by atoms with Gasteiger partial charge in [0.1, 0.15) is 18.2 Å². The largest absolute Gasteiger partial charge is 0.444 e. The molecule has 0 saturated heterocycles. The van der Waals surface area contributed by atoms with Gasteiger partial charge in [-0.2, -0.15) is 0 Å².